The zero-order valence-electron chi connectivity index (χ0n) is 10.3. The highest BCUT2D eigenvalue weighted by Gasteiger charge is 2.15. The Morgan fingerprint density at radius 1 is 1.53 bits per heavy atom. The monoisotopic (exact) mass is 327 g/mol. The van der Waals surface area contributed by atoms with Gasteiger partial charge in [0.1, 0.15) is 5.75 Å². The number of ether oxygens (including phenoxy) is 1. The molecule has 0 fully saturated rings. The smallest absolute Gasteiger partial charge is 0.243 e. The summed E-state index contributed by atoms with van der Waals surface area (Å²) in [5.74, 6) is 1.49. The number of hydrogen-bond acceptors (Lipinski definition) is 6. The maximum Gasteiger partial charge on any atom is 0.243 e. The van der Waals surface area contributed by atoms with E-state index in [0.717, 1.165) is 15.8 Å². The lowest BCUT2D eigenvalue weighted by Gasteiger charge is -2.03. The van der Waals surface area contributed by atoms with E-state index in [9.17, 15) is 0 Å². The van der Waals surface area contributed by atoms with E-state index in [4.69, 9.17) is 20.1 Å². The summed E-state index contributed by atoms with van der Waals surface area (Å²) in [5.41, 5.74) is 6.58. The molecule has 0 aliphatic carbocycles. The molecule has 0 saturated heterocycles. The van der Waals surface area contributed by atoms with Crippen molar-refractivity contribution in [2.24, 2.45) is 5.73 Å². The SMILES string of the molecule is COc1ccc(-c2noc(C(N)CCO)n2)cc1Br. The normalized spacial score (nSPS) is 12.4. The van der Waals surface area contributed by atoms with Crippen LogP contribution in [0.5, 0.6) is 5.75 Å². The van der Waals surface area contributed by atoms with Gasteiger partial charge in [0.25, 0.3) is 0 Å². The van der Waals surface area contributed by atoms with Gasteiger partial charge in [-0.25, -0.2) is 0 Å². The highest BCUT2D eigenvalue weighted by molar-refractivity contribution is 9.10. The summed E-state index contributed by atoms with van der Waals surface area (Å²) in [6.45, 7) is -0.0209. The van der Waals surface area contributed by atoms with E-state index in [-0.39, 0.29) is 6.61 Å². The molecule has 1 aromatic carbocycles. The second kappa shape index (κ2) is 6.14. The minimum absolute atomic E-state index is 0.0209. The second-order valence-corrected chi connectivity index (χ2v) is 4.78. The minimum atomic E-state index is -0.451. The van der Waals surface area contributed by atoms with Crippen molar-refractivity contribution < 1.29 is 14.4 Å². The highest BCUT2D eigenvalue weighted by atomic mass is 79.9. The third-order valence-electron chi connectivity index (χ3n) is 2.61. The molecule has 0 saturated carbocycles. The Kier molecular flexibility index (Phi) is 4.52. The zero-order valence-corrected chi connectivity index (χ0v) is 11.9. The Morgan fingerprint density at radius 2 is 2.32 bits per heavy atom. The summed E-state index contributed by atoms with van der Waals surface area (Å²) in [6.07, 6.45) is 0.383. The number of aliphatic hydroxyl groups excluding tert-OH is 1. The molecule has 2 rings (SSSR count). The minimum Gasteiger partial charge on any atom is -0.496 e. The molecule has 102 valence electrons. The molecule has 0 radical (unpaired) electrons. The van der Waals surface area contributed by atoms with Crippen molar-refractivity contribution >= 4 is 15.9 Å². The molecule has 1 unspecified atom stereocenters. The number of rotatable bonds is 5. The van der Waals surface area contributed by atoms with E-state index in [1.54, 1.807) is 7.11 Å². The standard InChI is InChI=1S/C12H14BrN3O3/c1-18-10-3-2-7(6-8(10)13)11-15-12(19-16-11)9(14)4-5-17/h2-3,6,9,17H,4-5,14H2,1H3. The van der Waals surface area contributed by atoms with Gasteiger partial charge < -0.3 is 20.1 Å². The van der Waals surface area contributed by atoms with Gasteiger partial charge >= 0.3 is 0 Å². The summed E-state index contributed by atoms with van der Waals surface area (Å²) in [4.78, 5) is 4.22. The Bertz CT molecular complexity index is 559. The van der Waals surface area contributed by atoms with Crippen LogP contribution in [-0.4, -0.2) is 29.0 Å². The Morgan fingerprint density at radius 3 is 2.95 bits per heavy atom. The molecule has 1 aromatic heterocycles. The van der Waals surface area contributed by atoms with Crippen molar-refractivity contribution in [2.45, 2.75) is 12.5 Å². The molecule has 0 spiro atoms. The molecule has 0 bridgehead atoms. The molecule has 0 aliphatic rings. The number of methoxy groups -OCH3 is 1. The summed E-state index contributed by atoms with van der Waals surface area (Å²) < 4.78 is 11.0. The van der Waals surface area contributed by atoms with Crippen molar-refractivity contribution in [3.05, 3.63) is 28.6 Å². The van der Waals surface area contributed by atoms with Crippen molar-refractivity contribution in [3.63, 3.8) is 0 Å². The molecule has 6 nitrogen and oxygen atoms in total. The Labute approximate surface area is 118 Å². The first kappa shape index (κ1) is 14.0. The molecule has 1 atom stereocenters. The number of halogens is 1. The second-order valence-electron chi connectivity index (χ2n) is 3.92. The van der Waals surface area contributed by atoms with E-state index in [1.807, 2.05) is 18.2 Å². The van der Waals surface area contributed by atoms with Crippen LogP contribution in [0.3, 0.4) is 0 Å². The van der Waals surface area contributed by atoms with Crippen LogP contribution in [-0.2, 0) is 0 Å². The lowest BCUT2D eigenvalue weighted by molar-refractivity contribution is 0.259. The number of nitrogens with zero attached hydrogens (tertiary/aromatic N) is 2. The van der Waals surface area contributed by atoms with E-state index in [1.165, 1.54) is 0 Å². The van der Waals surface area contributed by atoms with Gasteiger partial charge in [0.05, 0.1) is 17.6 Å². The lowest BCUT2D eigenvalue weighted by Crippen LogP contribution is -2.12. The quantitative estimate of drug-likeness (QED) is 0.870. The first-order chi connectivity index (χ1) is 9.15. The highest BCUT2D eigenvalue weighted by Crippen LogP contribution is 2.29. The molecule has 19 heavy (non-hydrogen) atoms. The Hall–Kier alpha value is -1.44. The van der Waals surface area contributed by atoms with Crippen LogP contribution in [0.15, 0.2) is 27.2 Å². The summed E-state index contributed by atoms with van der Waals surface area (Å²) in [5, 5.41) is 12.7. The van der Waals surface area contributed by atoms with Gasteiger partial charge in [-0.3, -0.25) is 0 Å². The van der Waals surface area contributed by atoms with Crippen LogP contribution in [0.4, 0.5) is 0 Å². The van der Waals surface area contributed by atoms with Crippen LogP contribution < -0.4 is 10.5 Å². The number of benzene rings is 1. The van der Waals surface area contributed by atoms with E-state index < -0.39 is 6.04 Å². The fraction of sp³-hybridized carbons (Fsp3) is 0.333. The largest absolute Gasteiger partial charge is 0.496 e. The molecule has 7 heteroatoms. The van der Waals surface area contributed by atoms with Gasteiger partial charge in [0, 0.05) is 12.2 Å². The number of hydrogen-bond donors (Lipinski definition) is 2. The van der Waals surface area contributed by atoms with Crippen LogP contribution in [0.2, 0.25) is 0 Å². The van der Waals surface area contributed by atoms with Crippen molar-refractivity contribution in [1.29, 1.82) is 0 Å². The van der Waals surface area contributed by atoms with E-state index in [2.05, 4.69) is 26.1 Å². The lowest BCUT2D eigenvalue weighted by atomic mass is 10.2. The molecule has 0 amide bonds. The fourth-order valence-corrected chi connectivity index (χ4v) is 2.11. The van der Waals surface area contributed by atoms with Crippen molar-refractivity contribution in [3.8, 4) is 17.1 Å². The van der Waals surface area contributed by atoms with Crippen LogP contribution >= 0.6 is 15.9 Å². The van der Waals surface area contributed by atoms with Gasteiger partial charge in [0.2, 0.25) is 11.7 Å². The van der Waals surface area contributed by atoms with Crippen molar-refractivity contribution in [1.82, 2.24) is 10.1 Å². The van der Waals surface area contributed by atoms with Gasteiger partial charge in [0.15, 0.2) is 0 Å². The molecule has 0 aliphatic heterocycles. The third kappa shape index (κ3) is 3.12. The first-order valence-corrected chi connectivity index (χ1v) is 6.49. The van der Waals surface area contributed by atoms with Crippen LogP contribution in [0.1, 0.15) is 18.4 Å². The van der Waals surface area contributed by atoms with Gasteiger partial charge in [-0.15, -0.1) is 0 Å². The molecular weight excluding hydrogens is 314 g/mol. The topological polar surface area (TPSA) is 94.4 Å². The van der Waals surface area contributed by atoms with Gasteiger partial charge in [-0.2, -0.15) is 4.98 Å². The Balaban J connectivity index is 2.25. The number of nitrogens with two attached hydrogens (primary N) is 1. The zero-order chi connectivity index (χ0) is 13.8. The predicted molar refractivity (Wildman–Crippen MR) is 72.6 cm³/mol. The van der Waals surface area contributed by atoms with Crippen LogP contribution in [0, 0.1) is 0 Å². The number of aliphatic hydroxyl groups is 1. The van der Waals surface area contributed by atoms with E-state index in [0.29, 0.717) is 18.1 Å². The number of aromatic nitrogens is 2. The maximum atomic E-state index is 8.83. The molecular formula is C12H14BrN3O3. The molecule has 2 aromatic rings. The van der Waals surface area contributed by atoms with Crippen LogP contribution in [0.25, 0.3) is 11.4 Å². The molecule has 3 N–H and O–H groups in total. The third-order valence-corrected chi connectivity index (χ3v) is 3.23. The summed E-state index contributed by atoms with van der Waals surface area (Å²) in [6, 6.07) is 5.03. The summed E-state index contributed by atoms with van der Waals surface area (Å²) >= 11 is 3.40. The average molecular weight is 328 g/mol. The van der Waals surface area contributed by atoms with Gasteiger partial charge in [-0.05, 0) is 40.5 Å². The first-order valence-electron chi connectivity index (χ1n) is 5.69. The van der Waals surface area contributed by atoms with Gasteiger partial charge in [-0.1, -0.05) is 5.16 Å². The maximum absolute atomic E-state index is 8.83. The summed E-state index contributed by atoms with van der Waals surface area (Å²) in [7, 11) is 1.60. The van der Waals surface area contributed by atoms with E-state index >= 15 is 0 Å². The predicted octanol–water partition coefficient (Wildman–Crippen LogP) is 1.89. The fourth-order valence-electron chi connectivity index (χ4n) is 1.57. The average Bonchev–Trinajstić information content (AvgIpc) is 2.88. The van der Waals surface area contributed by atoms with Crippen molar-refractivity contribution in [2.75, 3.05) is 13.7 Å². The molecule has 1 heterocycles.